The second-order valence-corrected chi connectivity index (χ2v) is 13.9. The van der Waals surface area contributed by atoms with Crippen LogP contribution in [0.4, 0.5) is 11.5 Å². The number of hydrogen-bond acceptors (Lipinski definition) is 3. The van der Waals surface area contributed by atoms with Crippen molar-refractivity contribution >= 4 is 11.5 Å². The molecule has 0 saturated carbocycles. The van der Waals surface area contributed by atoms with Gasteiger partial charge in [-0.1, -0.05) is 102 Å². The zero-order valence-corrected chi connectivity index (χ0v) is 26.7. The number of rotatable bonds is 4. The Kier molecular flexibility index (Phi) is 7.16. The van der Waals surface area contributed by atoms with Gasteiger partial charge in [-0.05, 0) is 86.5 Å². The zero-order valence-electron chi connectivity index (χ0n) is 26.7. The van der Waals surface area contributed by atoms with Crippen LogP contribution in [0, 0.1) is 6.92 Å². The van der Waals surface area contributed by atoms with Gasteiger partial charge in [0.1, 0.15) is 11.6 Å². The minimum Gasteiger partial charge on any atom is -0.497 e. The third-order valence-electron chi connectivity index (χ3n) is 8.68. The number of aromatic nitrogens is 1. The second kappa shape index (κ2) is 10.7. The van der Waals surface area contributed by atoms with Crippen LogP contribution in [0.25, 0.3) is 33.4 Å². The minimum atomic E-state index is 0.0639. The van der Waals surface area contributed by atoms with E-state index >= 15 is 0 Å². The lowest BCUT2D eigenvalue weighted by molar-refractivity contribution is 0.415. The van der Waals surface area contributed by atoms with Crippen molar-refractivity contribution < 1.29 is 4.74 Å². The first-order chi connectivity index (χ1) is 20.4. The summed E-state index contributed by atoms with van der Waals surface area (Å²) in [5.74, 6) is 1.78. The van der Waals surface area contributed by atoms with Crippen molar-refractivity contribution in [3.63, 3.8) is 0 Å². The van der Waals surface area contributed by atoms with Gasteiger partial charge in [0.15, 0.2) is 0 Å². The molecule has 2 heterocycles. The molecule has 0 saturated heterocycles. The average Bonchev–Trinajstić information content (AvgIpc) is 2.99. The summed E-state index contributed by atoms with van der Waals surface area (Å²) >= 11 is 0. The lowest BCUT2D eigenvalue weighted by atomic mass is 9.78. The summed E-state index contributed by atoms with van der Waals surface area (Å²) in [5, 5.41) is 0. The van der Waals surface area contributed by atoms with Gasteiger partial charge in [-0.15, -0.1) is 0 Å². The van der Waals surface area contributed by atoms with E-state index in [1.165, 1.54) is 50.1 Å². The highest BCUT2D eigenvalue weighted by Gasteiger charge is 2.26. The Bertz CT molecular complexity index is 1770. The molecule has 0 amide bonds. The predicted molar refractivity (Wildman–Crippen MR) is 182 cm³/mol. The number of ether oxygens (including phenoxy) is 1. The molecule has 3 heteroatoms. The summed E-state index contributed by atoms with van der Waals surface area (Å²) in [4.78, 5) is 7.34. The molecule has 0 radical (unpaired) electrons. The van der Waals surface area contributed by atoms with Gasteiger partial charge in [0, 0.05) is 23.4 Å². The SMILES string of the molecule is COc1ccc2c(c1)N(c1cc(C)c(-c3ccccc3)cn1)Cc1cc(-c3cc(C(C)(C)C)cc(C(C)(C)C)c3)ccc1-2. The van der Waals surface area contributed by atoms with Gasteiger partial charge in [0.05, 0.1) is 19.3 Å². The van der Waals surface area contributed by atoms with Crippen LogP contribution in [0.1, 0.15) is 63.8 Å². The van der Waals surface area contributed by atoms with Crippen molar-refractivity contribution in [3.05, 3.63) is 119 Å². The largest absolute Gasteiger partial charge is 0.497 e. The highest BCUT2D eigenvalue weighted by molar-refractivity contribution is 5.89. The second-order valence-electron chi connectivity index (χ2n) is 13.9. The fraction of sp³-hybridized carbons (Fsp3) is 0.275. The van der Waals surface area contributed by atoms with Gasteiger partial charge in [-0.3, -0.25) is 0 Å². The first-order valence-corrected chi connectivity index (χ1v) is 15.2. The van der Waals surface area contributed by atoms with Crippen molar-refractivity contribution in [1.29, 1.82) is 0 Å². The van der Waals surface area contributed by atoms with Crippen LogP contribution < -0.4 is 9.64 Å². The maximum atomic E-state index is 5.66. The van der Waals surface area contributed by atoms with E-state index in [-0.39, 0.29) is 10.8 Å². The van der Waals surface area contributed by atoms with Gasteiger partial charge in [0.25, 0.3) is 0 Å². The summed E-state index contributed by atoms with van der Waals surface area (Å²) in [6.07, 6.45) is 2.01. The molecule has 218 valence electrons. The first kappa shape index (κ1) is 28.7. The number of methoxy groups -OCH3 is 1. The van der Waals surface area contributed by atoms with Crippen molar-refractivity contribution in [3.8, 4) is 39.1 Å². The molecule has 4 aromatic carbocycles. The van der Waals surface area contributed by atoms with Crippen LogP contribution in [0.3, 0.4) is 0 Å². The molecule has 6 rings (SSSR count). The van der Waals surface area contributed by atoms with Crippen LogP contribution in [0.15, 0.2) is 97.2 Å². The number of nitrogens with zero attached hydrogens (tertiary/aromatic N) is 2. The number of benzene rings is 4. The lowest BCUT2D eigenvalue weighted by Gasteiger charge is -2.33. The average molecular weight is 567 g/mol. The Labute approximate surface area is 257 Å². The van der Waals surface area contributed by atoms with E-state index < -0.39 is 0 Å². The van der Waals surface area contributed by atoms with E-state index in [0.717, 1.165) is 29.4 Å². The van der Waals surface area contributed by atoms with Crippen molar-refractivity contribution in [2.45, 2.75) is 65.8 Å². The highest BCUT2D eigenvalue weighted by Crippen LogP contribution is 2.46. The third kappa shape index (κ3) is 5.57. The van der Waals surface area contributed by atoms with E-state index in [9.17, 15) is 0 Å². The summed E-state index contributed by atoms with van der Waals surface area (Å²) in [6, 6.07) is 33.2. The number of anilines is 2. The maximum Gasteiger partial charge on any atom is 0.133 e. The van der Waals surface area contributed by atoms with E-state index in [2.05, 4.69) is 138 Å². The van der Waals surface area contributed by atoms with Crippen LogP contribution in [-0.4, -0.2) is 12.1 Å². The van der Waals surface area contributed by atoms with E-state index in [0.29, 0.717) is 0 Å². The van der Waals surface area contributed by atoms with Crippen LogP contribution >= 0.6 is 0 Å². The summed E-state index contributed by atoms with van der Waals surface area (Å²) < 4.78 is 5.66. The van der Waals surface area contributed by atoms with Crippen molar-refractivity contribution in [1.82, 2.24) is 4.98 Å². The monoisotopic (exact) mass is 566 g/mol. The Hall–Kier alpha value is -4.37. The Morgan fingerprint density at radius 2 is 1.33 bits per heavy atom. The molecule has 0 N–H and O–H groups in total. The highest BCUT2D eigenvalue weighted by atomic mass is 16.5. The fourth-order valence-electron chi connectivity index (χ4n) is 5.99. The van der Waals surface area contributed by atoms with E-state index in [1.54, 1.807) is 7.11 Å². The lowest BCUT2D eigenvalue weighted by Crippen LogP contribution is -2.22. The topological polar surface area (TPSA) is 25.4 Å². The maximum absolute atomic E-state index is 5.66. The summed E-state index contributed by atoms with van der Waals surface area (Å²) in [5.41, 5.74) is 13.8. The van der Waals surface area contributed by atoms with Crippen LogP contribution in [-0.2, 0) is 17.4 Å². The predicted octanol–water partition coefficient (Wildman–Crippen LogP) is 10.6. The number of fused-ring (bicyclic) bond motifs is 3. The summed E-state index contributed by atoms with van der Waals surface area (Å²) in [7, 11) is 1.73. The molecule has 0 spiro atoms. The van der Waals surface area contributed by atoms with Crippen molar-refractivity contribution in [2.24, 2.45) is 0 Å². The Balaban J connectivity index is 1.47. The molecule has 0 aliphatic carbocycles. The fourth-order valence-corrected chi connectivity index (χ4v) is 5.99. The van der Waals surface area contributed by atoms with E-state index in [1.807, 2.05) is 12.3 Å². The normalized spacial score (nSPS) is 13.0. The molecule has 1 aliphatic rings. The smallest absolute Gasteiger partial charge is 0.133 e. The van der Waals surface area contributed by atoms with Gasteiger partial charge >= 0.3 is 0 Å². The first-order valence-electron chi connectivity index (χ1n) is 15.2. The number of pyridine rings is 1. The molecule has 43 heavy (non-hydrogen) atoms. The van der Waals surface area contributed by atoms with Gasteiger partial charge < -0.3 is 9.64 Å². The number of aryl methyl sites for hydroxylation is 1. The quantitative estimate of drug-likeness (QED) is 0.216. The minimum absolute atomic E-state index is 0.0639. The molecular formula is C40H42N2O. The Morgan fingerprint density at radius 3 is 1.95 bits per heavy atom. The molecular weight excluding hydrogens is 524 g/mol. The molecule has 0 bridgehead atoms. The standard InChI is InChI=1S/C40H42N2O/c1-26-18-38(41-24-36(26)27-12-10-9-11-13-27)42-25-30-19-28(14-16-34(30)35-17-15-33(43-8)23-37(35)42)29-20-31(39(2,3)4)22-32(21-29)40(5,6)7/h9-24H,25H2,1-8H3. The molecule has 0 unspecified atom stereocenters. The van der Waals surface area contributed by atoms with Crippen molar-refractivity contribution in [2.75, 3.05) is 12.0 Å². The van der Waals surface area contributed by atoms with Crippen LogP contribution in [0.5, 0.6) is 5.75 Å². The zero-order chi connectivity index (χ0) is 30.5. The molecule has 0 fully saturated rings. The molecule has 1 aliphatic heterocycles. The summed E-state index contributed by atoms with van der Waals surface area (Å²) in [6.45, 7) is 16.7. The van der Waals surface area contributed by atoms with Gasteiger partial charge in [-0.25, -0.2) is 4.98 Å². The van der Waals surface area contributed by atoms with E-state index in [4.69, 9.17) is 9.72 Å². The molecule has 5 aromatic rings. The van der Waals surface area contributed by atoms with Crippen LogP contribution in [0.2, 0.25) is 0 Å². The number of hydrogen-bond donors (Lipinski definition) is 0. The molecule has 1 aromatic heterocycles. The van der Waals surface area contributed by atoms with Gasteiger partial charge in [0.2, 0.25) is 0 Å². The third-order valence-corrected chi connectivity index (χ3v) is 8.68. The van der Waals surface area contributed by atoms with Gasteiger partial charge in [-0.2, -0.15) is 0 Å². The molecule has 0 atom stereocenters. The molecule has 3 nitrogen and oxygen atoms in total. The Morgan fingerprint density at radius 1 is 0.651 bits per heavy atom.